The van der Waals surface area contributed by atoms with Gasteiger partial charge in [0.25, 0.3) is 5.56 Å². The van der Waals surface area contributed by atoms with Gasteiger partial charge in [-0.25, -0.2) is 15.0 Å². The third-order valence-corrected chi connectivity index (χ3v) is 6.59. The van der Waals surface area contributed by atoms with Crippen LogP contribution in [0.1, 0.15) is 19.0 Å². The summed E-state index contributed by atoms with van der Waals surface area (Å²) >= 11 is 8.05. The highest BCUT2D eigenvalue weighted by atomic mass is 35.5. The van der Waals surface area contributed by atoms with Crippen LogP contribution in [0, 0.1) is 0 Å². The highest BCUT2D eigenvalue weighted by Crippen LogP contribution is 2.37. The van der Waals surface area contributed by atoms with Crippen LogP contribution in [-0.2, 0) is 6.42 Å². The summed E-state index contributed by atoms with van der Waals surface area (Å²) in [6.07, 6.45) is 3.09. The van der Waals surface area contributed by atoms with Gasteiger partial charge in [-0.1, -0.05) is 18.5 Å². The molecule has 1 aliphatic rings. The zero-order valence-corrected chi connectivity index (χ0v) is 17.8. The number of nitrogens with one attached hydrogen (secondary N) is 2. The van der Waals surface area contributed by atoms with Gasteiger partial charge in [-0.2, -0.15) is 0 Å². The fourth-order valence-corrected chi connectivity index (χ4v) is 4.93. The summed E-state index contributed by atoms with van der Waals surface area (Å²) in [5, 5.41) is 2.62. The average Bonchev–Trinajstić information content (AvgIpc) is 3.31. The van der Waals surface area contributed by atoms with E-state index >= 15 is 0 Å². The van der Waals surface area contributed by atoms with Crippen LogP contribution in [-0.4, -0.2) is 44.1 Å². The average molecular weight is 442 g/mol. The van der Waals surface area contributed by atoms with E-state index in [2.05, 4.69) is 19.9 Å². The third-order valence-electron chi connectivity index (χ3n) is 5.32. The van der Waals surface area contributed by atoms with E-state index in [1.54, 1.807) is 0 Å². The lowest BCUT2D eigenvalue weighted by Gasteiger charge is -2.18. The number of nitrogens with two attached hydrogens (primary N) is 1. The highest BCUT2D eigenvalue weighted by Gasteiger charge is 2.26. The van der Waals surface area contributed by atoms with Gasteiger partial charge in [-0.05, 0) is 42.8 Å². The smallest absolute Gasteiger partial charge is 0.258 e. The molecule has 154 valence electrons. The molecule has 0 spiro atoms. The Morgan fingerprint density at radius 1 is 1.37 bits per heavy atom. The molecular weight excluding hydrogens is 422 g/mol. The Labute approximate surface area is 181 Å². The van der Waals surface area contributed by atoms with Crippen molar-refractivity contribution in [2.75, 3.05) is 18.0 Å². The van der Waals surface area contributed by atoms with Crippen molar-refractivity contribution in [3.8, 4) is 0 Å². The number of H-pyrrole nitrogens is 2. The SMILES string of the molecule is CCc1[nH]c2nc(Sc3ccc4nc[nH]c(=O)c4c3)nc(N3CCC(N)C3)c2c1Cl. The first-order chi connectivity index (χ1) is 14.5. The van der Waals surface area contributed by atoms with Crippen molar-refractivity contribution in [2.45, 2.75) is 35.9 Å². The van der Waals surface area contributed by atoms with Crippen LogP contribution in [0.4, 0.5) is 5.82 Å². The molecule has 1 fully saturated rings. The topological polar surface area (TPSA) is 117 Å². The number of nitrogens with zero attached hydrogens (tertiary/aromatic N) is 4. The largest absolute Gasteiger partial charge is 0.354 e. The molecule has 0 aliphatic carbocycles. The second-order valence-corrected chi connectivity index (χ2v) is 8.75. The number of rotatable bonds is 4. The quantitative estimate of drug-likeness (QED) is 0.416. The van der Waals surface area contributed by atoms with E-state index in [0.717, 1.165) is 47.7 Å². The molecule has 0 bridgehead atoms. The summed E-state index contributed by atoms with van der Waals surface area (Å²) in [7, 11) is 0. The Kier molecular flexibility index (Phi) is 4.88. The molecule has 0 radical (unpaired) electrons. The van der Waals surface area contributed by atoms with Crippen molar-refractivity contribution < 1.29 is 0 Å². The Morgan fingerprint density at radius 2 is 2.23 bits per heavy atom. The van der Waals surface area contributed by atoms with E-state index in [-0.39, 0.29) is 11.6 Å². The van der Waals surface area contributed by atoms with Crippen molar-refractivity contribution in [1.29, 1.82) is 0 Å². The maximum absolute atomic E-state index is 12.1. The van der Waals surface area contributed by atoms with Gasteiger partial charge in [-0.3, -0.25) is 4.79 Å². The van der Waals surface area contributed by atoms with E-state index in [0.29, 0.717) is 26.7 Å². The molecule has 30 heavy (non-hydrogen) atoms. The standard InChI is InChI=1S/C20H20ClN7OS/c1-2-13-16(21)15-17(25-13)26-20(27-18(15)28-6-5-10(22)8-28)30-11-3-4-14-12(7-11)19(29)24-9-23-14/h3-4,7,9-10H,2,5-6,8,22H2,1H3,(H,23,24,29)(H,25,26,27). The second-order valence-electron chi connectivity index (χ2n) is 7.33. The van der Waals surface area contributed by atoms with E-state index in [4.69, 9.17) is 27.3 Å². The highest BCUT2D eigenvalue weighted by molar-refractivity contribution is 7.99. The first kappa shape index (κ1) is 19.3. The summed E-state index contributed by atoms with van der Waals surface area (Å²) in [5.74, 6) is 0.803. The maximum Gasteiger partial charge on any atom is 0.258 e. The predicted molar refractivity (Wildman–Crippen MR) is 120 cm³/mol. The molecule has 1 saturated heterocycles. The van der Waals surface area contributed by atoms with Crippen LogP contribution in [0.25, 0.3) is 21.9 Å². The minimum Gasteiger partial charge on any atom is -0.354 e. The van der Waals surface area contributed by atoms with Gasteiger partial charge in [0.05, 0.1) is 27.6 Å². The number of halogens is 1. The van der Waals surface area contributed by atoms with Gasteiger partial charge in [0.15, 0.2) is 5.16 Å². The molecule has 10 heteroatoms. The minimum absolute atomic E-state index is 0.120. The number of benzene rings is 1. The van der Waals surface area contributed by atoms with Gasteiger partial charge in [0, 0.05) is 29.7 Å². The summed E-state index contributed by atoms with van der Waals surface area (Å²) in [6.45, 7) is 3.61. The molecule has 3 aromatic heterocycles. The fourth-order valence-electron chi connectivity index (χ4n) is 3.78. The first-order valence-corrected chi connectivity index (χ1v) is 11.0. The van der Waals surface area contributed by atoms with E-state index in [1.807, 2.05) is 25.1 Å². The number of hydrogen-bond donors (Lipinski definition) is 3. The molecule has 1 atom stereocenters. The van der Waals surface area contributed by atoms with Crippen molar-refractivity contribution >= 4 is 51.1 Å². The number of anilines is 1. The number of fused-ring (bicyclic) bond motifs is 2. The Morgan fingerprint density at radius 3 is 3.00 bits per heavy atom. The van der Waals surface area contributed by atoms with Crippen molar-refractivity contribution in [3.05, 3.63) is 45.6 Å². The van der Waals surface area contributed by atoms with Crippen LogP contribution in [0.3, 0.4) is 0 Å². The molecule has 8 nitrogen and oxygen atoms in total. The van der Waals surface area contributed by atoms with Gasteiger partial charge >= 0.3 is 0 Å². The fraction of sp³-hybridized carbons (Fsp3) is 0.300. The molecule has 1 aromatic carbocycles. The molecular formula is C20H20ClN7OS. The second kappa shape index (κ2) is 7.57. The van der Waals surface area contributed by atoms with Gasteiger partial charge in [0.1, 0.15) is 11.5 Å². The zero-order chi connectivity index (χ0) is 20.8. The molecule has 1 unspecified atom stereocenters. The molecule has 4 aromatic rings. The molecule has 4 N–H and O–H groups in total. The molecule has 0 saturated carbocycles. The van der Waals surface area contributed by atoms with Crippen LogP contribution in [0.2, 0.25) is 5.02 Å². The van der Waals surface area contributed by atoms with Crippen LogP contribution >= 0.6 is 23.4 Å². The molecule has 0 amide bonds. The number of hydrogen-bond acceptors (Lipinski definition) is 7. The van der Waals surface area contributed by atoms with Crippen LogP contribution in [0.5, 0.6) is 0 Å². The zero-order valence-electron chi connectivity index (χ0n) is 16.3. The monoisotopic (exact) mass is 441 g/mol. The van der Waals surface area contributed by atoms with E-state index < -0.39 is 0 Å². The molecule has 5 rings (SSSR count). The van der Waals surface area contributed by atoms with Crippen molar-refractivity contribution in [3.63, 3.8) is 0 Å². The summed E-state index contributed by atoms with van der Waals surface area (Å²) in [6, 6.07) is 5.67. The van der Waals surface area contributed by atoms with E-state index in [9.17, 15) is 4.79 Å². The third kappa shape index (κ3) is 3.32. The summed E-state index contributed by atoms with van der Waals surface area (Å²) in [5.41, 5.74) is 8.27. The summed E-state index contributed by atoms with van der Waals surface area (Å²) < 4.78 is 0. The lowest BCUT2D eigenvalue weighted by Crippen LogP contribution is -2.27. The van der Waals surface area contributed by atoms with Gasteiger partial charge in [0.2, 0.25) is 0 Å². The Hall–Kier alpha value is -2.62. The maximum atomic E-state index is 12.1. The normalized spacial score (nSPS) is 16.8. The number of aryl methyl sites for hydroxylation is 1. The van der Waals surface area contributed by atoms with E-state index in [1.165, 1.54) is 18.1 Å². The Balaban J connectivity index is 1.61. The molecule has 4 heterocycles. The molecule has 1 aliphatic heterocycles. The van der Waals surface area contributed by atoms with Gasteiger partial charge in [-0.15, -0.1) is 0 Å². The van der Waals surface area contributed by atoms with Crippen molar-refractivity contribution in [2.24, 2.45) is 5.73 Å². The Bertz CT molecular complexity index is 1320. The van der Waals surface area contributed by atoms with Crippen LogP contribution < -0.4 is 16.2 Å². The minimum atomic E-state index is -0.172. The lowest BCUT2D eigenvalue weighted by atomic mass is 10.2. The summed E-state index contributed by atoms with van der Waals surface area (Å²) in [4.78, 5) is 34.8. The van der Waals surface area contributed by atoms with Gasteiger partial charge < -0.3 is 20.6 Å². The van der Waals surface area contributed by atoms with Crippen molar-refractivity contribution in [1.82, 2.24) is 24.9 Å². The van der Waals surface area contributed by atoms with Crippen LogP contribution in [0.15, 0.2) is 39.4 Å². The number of aromatic nitrogens is 5. The predicted octanol–water partition coefficient (Wildman–Crippen LogP) is 3.10. The number of aromatic amines is 2. The lowest BCUT2D eigenvalue weighted by molar-refractivity contribution is 0.751. The first-order valence-electron chi connectivity index (χ1n) is 9.77.